The number of carbonyl (C=O) groups is 2. The van der Waals surface area contributed by atoms with Crippen molar-refractivity contribution in [1.82, 2.24) is 0 Å². The maximum Gasteiger partial charge on any atom is 0.310 e. The zero-order valence-corrected chi connectivity index (χ0v) is 19.7. The maximum absolute atomic E-state index is 13.7. The number of carboxylic acid groups (broad SMARTS) is 1. The number of rotatable bonds is 6. The van der Waals surface area contributed by atoms with Gasteiger partial charge in [-0.25, -0.2) is 0 Å². The number of carbonyl (C=O) groups excluding carboxylic acids is 1. The van der Waals surface area contributed by atoms with Gasteiger partial charge in [-0.05, 0) is 33.4 Å². The molecule has 0 aliphatic heterocycles. The Morgan fingerprint density at radius 1 is 0.611 bits per heavy atom. The van der Waals surface area contributed by atoms with E-state index in [0.29, 0.717) is 0 Å². The lowest BCUT2D eigenvalue weighted by atomic mass is 9.52. The zero-order valence-electron chi connectivity index (χ0n) is 19.7. The second kappa shape index (κ2) is 9.12. The lowest BCUT2D eigenvalue weighted by Gasteiger charge is -2.49. The van der Waals surface area contributed by atoms with Crippen molar-refractivity contribution in [2.75, 3.05) is 6.61 Å². The fourth-order valence-electron chi connectivity index (χ4n) is 6.23. The van der Waals surface area contributed by atoms with Gasteiger partial charge in [-0.15, -0.1) is 0 Å². The third-order valence-corrected chi connectivity index (χ3v) is 7.83. The second-order valence-corrected chi connectivity index (χ2v) is 9.62. The van der Waals surface area contributed by atoms with Crippen LogP contribution in [0.15, 0.2) is 109 Å². The van der Waals surface area contributed by atoms with E-state index in [1.807, 2.05) is 84.9 Å². The smallest absolute Gasteiger partial charge is 0.310 e. The van der Waals surface area contributed by atoms with E-state index in [4.69, 9.17) is 4.74 Å². The van der Waals surface area contributed by atoms with Crippen LogP contribution in [0.1, 0.15) is 40.0 Å². The van der Waals surface area contributed by atoms with E-state index in [0.717, 1.165) is 22.3 Å². The van der Waals surface area contributed by atoms with Crippen LogP contribution in [0.3, 0.4) is 0 Å². The van der Waals surface area contributed by atoms with Crippen molar-refractivity contribution in [3.8, 4) is 11.1 Å². The van der Waals surface area contributed by atoms with Gasteiger partial charge in [-0.2, -0.15) is 0 Å². The molecule has 0 radical (unpaired) electrons. The predicted molar refractivity (Wildman–Crippen MR) is 138 cm³/mol. The van der Waals surface area contributed by atoms with E-state index in [-0.39, 0.29) is 18.5 Å². The largest absolute Gasteiger partial charge is 0.481 e. The second-order valence-electron chi connectivity index (χ2n) is 9.62. The fourth-order valence-corrected chi connectivity index (χ4v) is 6.23. The summed E-state index contributed by atoms with van der Waals surface area (Å²) in [6.07, 6.45) is 0. The standard InChI is InChI=1S/C32H26O4/c33-31(34)29-27(20-11-3-1-4-12-20)30(28(29)21-13-5-2-6-14-21)32(35)36-19-26-24-17-9-7-15-22(24)23-16-8-10-18-25(23)26/h1-18,26-30H,19H2,(H,33,34)/t27-,28-,29?,30?/m0/s1. The average molecular weight is 475 g/mol. The van der Waals surface area contributed by atoms with Gasteiger partial charge in [-0.3, -0.25) is 9.59 Å². The first-order chi connectivity index (χ1) is 17.6. The zero-order chi connectivity index (χ0) is 24.6. The molecule has 36 heavy (non-hydrogen) atoms. The van der Waals surface area contributed by atoms with Gasteiger partial charge in [0.2, 0.25) is 0 Å². The lowest BCUT2D eigenvalue weighted by Crippen LogP contribution is -2.51. The molecule has 6 rings (SSSR count). The number of esters is 1. The molecule has 1 N–H and O–H groups in total. The molecule has 4 aromatic carbocycles. The van der Waals surface area contributed by atoms with Crippen molar-refractivity contribution in [1.29, 1.82) is 0 Å². The first-order valence-corrected chi connectivity index (χ1v) is 12.3. The molecule has 0 unspecified atom stereocenters. The number of fused-ring (bicyclic) bond motifs is 3. The van der Waals surface area contributed by atoms with E-state index in [2.05, 4.69) is 24.3 Å². The van der Waals surface area contributed by atoms with Crippen LogP contribution >= 0.6 is 0 Å². The fraction of sp³-hybridized carbons (Fsp3) is 0.188. The van der Waals surface area contributed by atoms with Crippen molar-refractivity contribution in [2.45, 2.75) is 17.8 Å². The van der Waals surface area contributed by atoms with Crippen LogP contribution in [0, 0.1) is 11.8 Å². The van der Waals surface area contributed by atoms with E-state index >= 15 is 0 Å². The minimum Gasteiger partial charge on any atom is -0.481 e. The quantitative estimate of drug-likeness (QED) is 0.336. The van der Waals surface area contributed by atoms with Crippen LogP contribution in [0.25, 0.3) is 11.1 Å². The predicted octanol–water partition coefficient (Wildman–Crippen LogP) is 6.24. The first kappa shape index (κ1) is 22.3. The Morgan fingerprint density at radius 2 is 1.06 bits per heavy atom. The van der Waals surface area contributed by atoms with Crippen molar-refractivity contribution in [2.24, 2.45) is 11.8 Å². The highest BCUT2D eigenvalue weighted by molar-refractivity contribution is 5.85. The summed E-state index contributed by atoms with van der Waals surface area (Å²) in [5, 5.41) is 10.2. The van der Waals surface area contributed by atoms with E-state index < -0.39 is 29.6 Å². The van der Waals surface area contributed by atoms with E-state index in [1.165, 1.54) is 11.1 Å². The van der Waals surface area contributed by atoms with Crippen molar-refractivity contribution in [3.63, 3.8) is 0 Å². The van der Waals surface area contributed by atoms with Crippen LogP contribution in [0.5, 0.6) is 0 Å². The minimum atomic E-state index is -0.889. The Hall–Kier alpha value is -4.18. The van der Waals surface area contributed by atoms with Gasteiger partial charge in [0.15, 0.2) is 0 Å². The van der Waals surface area contributed by atoms with Gasteiger partial charge in [0.1, 0.15) is 6.61 Å². The number of hydrogen-bond donors (Lipinski definition) is 1. The van der Waals surface area contributed by atoms with Gasteiger partial charge < -0.3 is 9.84 Å². The normalized spacial score (nSPS) is 22.2. The summed E-state index contributed by atoms with van der Waals surface area (Å²) in [4.78, 5) is 26.1. The van der Waals surface area contributed by atoms with Gasteiger partial charge in [0.05, 0.1) is 11.8 Å². The highest BCUT2D eigenvalue weighted by Gasteiger charge is 2.59. The molecule has 2 atom stereocenters. The highest BCUT2D eigenvalue weighted by atomic mass is 16.5. The summed E-state index contributed by atoms with van der Waals surface area (Å²) in [5.74, 6) is -3.41. The molecule has 1 fully saturated rings. The van der Waals surface area contributed by atoms with E-state index in [9.17, 15) is 14.7 Å². The molecule has 0 amide bonds. The Kier molecular flexibility index (Phi) is 5.65. The number of aliphatic carboxylic acids is 1. The summed E-state index contributed by atoms with van der Waals surface area (Å²) in [6.45, 7) is 0.226. The van der Waals surface area contributed by atoms with Crippen molar-refractivity contribution < 1.29 is 19.4 Å². The molecule has 178 valence electrons. The molecule has 0 aromatic heterocycles. The minimum absolute atomic E-state index is 0.0398. The Morgan fingerprint density at radius 3 is 1.53 bits per heavy atom. The van der Waals surface area contributed by atoms with E-state index in [1.54, 1.807) is 0 Å². The van der Waals surface area contributed by atoms with Crippen molar-refractivity contribution in [3.05, 3.63) is 131 Å². The number of ether oxygens (including phenoxy) is 1. The molecule has 4 nitrogen and oxygen atoms in total. The van der Waals surface area contributed by atoms with Crippen molar-refractivity contribution >= 4 is 11.9 Å². The molecular formula is C32H26O4. The third kappa shape index (κ3) is 3.61. The number of carboxylic acids is 1. The lowest BCUT2D eigenvalue weighted by molar-refractivity contribution is -0.164. The molecule has 4 aromatic rings. The molecule has 1 saturated carbocycles. The molecular weight excluding hydrogens is 448 g/mol. The summed E-state index contributed by atoms with van der Waals surface area (Å²) >= 11 is 0. The van der Waals surface area contributed by atoms with Gasteiger partial charge in [0, 0.05) is 17.8 Å². The van der Waals surface area contributed by atoms with Gasteiger partial charge >= 0.3 is 11.9 Å². The molecule has 0 saturated heterocycles. The van der Waals surface area contributed by atoms with Gasteiger partial charge in [-0.1, -0.05) is 109 Å². The maximum atomic E-state index is 13.7. The highest BCUT2D eigenvalue weighted by Crippen LogP contribution is 2.58. The SMILES string of the molecule is O=C(O)C1[C@H](c2ccccc2)C(C(=O)OCC2c3ccccc3-c3ccccc32)[C@H]1c1ccccc1. The van der Waals surface area contributed by atoms with Crippen LogP contribution < -0.4 is 0 Å². The van der Waals surface area contributed by atoms with Crippen LogP contribution in [-0.4, -0.2) is 23.7 Å². The Labute approximate surface area is 210 Å². The summed E-state index contributed by atoms with van der Waals surface area (Å²) in [5.41, 5.74) is 6.37. The van der Waals surface area contributed by atoms with Crippen LogP contribution in [0.4, 0.5) is 0 Å². The summed E-state index contributed by atoms with van der Waals surface area (Å²) in [7, 11) is 0. The molecule has 0 bridgehead atoms. The third-order valence-electron chi connectivity index (χ3n) is 7.83. The molecule has 2 aliphatic carbocycles. The molecule has 0 heterocycles. The van der Waals surface area contributed by atoms with Crippen LogP contribution in [0.2, 0.25) is 0 Å². The summed E-state index contributed by atoms with van der Waals surface area (Å²) in [6, 6.07) is 35.5. The molecule has 0 spiro atoms. The molecule has 4 heteroatoms. The summed E-state index contributed by atoms with van der Waals surface area (Å²) < 4.78 is 6.04. The monoisotopic (exact) mass is 474 g/mol. The Bertz CT molecular complexity index is 1320. The van der Waals surface area contributed by atoms with Crippen LogP contribution in [-0.2, 0) is 14.3 Å². The topological polar surface area (TPSA) is 63.6 Å². The average Bonchev–Trinajstić information content (AvgIpc) is 3.22. The molecule has 2 aliphatic rings. The number of hydrogen-bond acceptors (Lipinski definition) is 3. The van der Waals surface area contributed by atoms with Gasteiger partial charge in [0.25, 0.3) is 0 Å². The first-order valence-electron chi connectivity index (χ1n) is 12.3. The Balaban J connectivity index is 1.32. The number of benzene rings is 4.